The van der Waals surface area contributed by atoms with Gasteiger partial charge in [0.05, 0.1) is 17.3 Å². The van der Waals surface area contributed by atoms with Crippen molar-refractivity contribution < 1.29 is 9.53 Å². The molecule has 5 heteroatoms. The first kappa shape index (κ1) is 19.6. The van der Waals surface area contributed by atoms with Crippen LogP contribution in [0.3, 0.4) is 0 Å². The number of rotatable bonds is 6. The highest BCUT2D eigenvalue weighted by Gasteiger charge is 2.22. The predicted octanol–water partition coefficient (Wildman–Crippen LogP) is 4.75. The molecule has 1 aromatic heterocycles. The number of hydrogen-bond donors (Lipinski definition) is 1. The number of hydrogen-bond acceptors (Lipinski definition) is 4. The van der Waals surface area contributed by atoms with Gasteiger partial charge in [0.15, 0.2) is 11.9 Å². The summed E-state index contributed by atoms with van der Waals surface area (Å²) in [6.07, 6.45) is -0.474. The van der Waals surface area contributed by atoms with Crippen LogP contribution in [0.25, 0.3) is 10.9 Å². The number of ether oxygens (including phenoxy) is 1. The minimum Gasteiger partial charge on any atom is -0.454 e. The van der Waals surface area contributed by atoms with Crippen molar-refractivity contribution in [1.82, 2.24) is 9.97 Å². The average molecular weight is 398 g/mol. The van der Waals surface area contributed by atoms with Gasteiger partial charge in [0.1, 0.15) is 0 Å². The normalized spacial score (nSPS) is 12.1. The summed E-state index contributed by atoms with van der Waals surface area (Å²) in [6, 6.07) is 26.9. The summed E-state index contributed by atoms with van der Waals surface area (Å²) in [7, 11) is 0. The molecule has 4 aromatic rings. The minimum atomic E-state index is -0.665. The van der Waals surface area contributed by atoms with Gasteiger partial charge in [0, 0.05) is 5.92 Å². The fraction of sp³-hybridized carbons (Fsp3) is 0.160. The molecular formula is C25H22N2O3. The van der Waals surface area contributed by atoms with Crippen molar-refractivity contribution in [2.24, 2.45) is 0 Å². The summed E-state index contributed by atoms with van der Waals surface area (Å²) in [5, 5.41) is 0.507. The number of esters is 1. The second-order valence-electron chi connectivity index (χ2n) is 7.18. The van der Waals surface area contributed by atoms with E-state index in [0.717, 1.165) is 11.1 Å². The molecule has 1 heterocycles. The first-order valence-electron chi connectivity index (χ1n) is 9.90. The SMILES string of the molecule is C[C@H](OC(=O)CC(c1ccccc1)c1ccccc1)c1nc2ccccc2c(=O)[nH]1. The summed E-state index contributed by atoms with van der Waals surface area (Å²) >= 11 is 0. The lowest BCUT2D eigenvalue weighted by Gasteiger charge is -2.19. The van der Waals surface area contributed by atoms with Crippen molar-refractivity contribution in [2.75, 3.05) is 0 Å². The lowest BCUT2D eigenvalue weighted by Crippen LogP contribution is -2.18. The first-order chi connectivity index (χ1) is 14.6. The monoisotopic (exact) mass is 398 g/mol. The van der Waals surface area contributed by atoms with Gasteiger partial charge in [0.25, 0.3) is 5.56 Å². The molecule has 0 saturated heterocycles. The van der Waals surface area contributed by atoms with E-state index in [-0.39, 0.29) is 23.9 Å². The molecule has 30 heavy (non-hydrogen) atoms. The highest BCUT2D eigenvalue weighted by Crippen LogP contribution is 2.29. The first-order valence-corrected chi connectivity index (χ1v) is 9.90. The molecule has 4 rings (SSSR count). The Kier molecular flexibility index (Phi) is 5.70. The molecular weight excluding hydrogens is 376 g/mol. The van der Waals surface area contributed by atoms with Crippen molar-refractivity contribution >= 4 is 16.9 Å². The number of aromatic nitrogens is 2. The van der Waals surface area contributed by atoms with Crippen LogP contribution in [0.5, 0.6) is 0 Å². The Morgan fingerprint density at radius 2 is 1.47 bits per heavy atom. The van der Waals surface area contributed by atoms with Gasteiger partial charge in [-0.2, -0.15) is 0 Å². The topological polar surface area (TPSA) is 72.0 Å². The van der Waals surface area contributed by atoms with Gasteiger partial charge in [-0.15, -0.1) is 0 Å². The Hall–Kier alpha value is -3.73. The zero-order valence-electron chi connectivity index (χ0n) is 16.6. The Labute approximate surface area is 174 Å². The third-order valence-corrected chi connectivity index (χ3v) is 5.10. The van der Waals surface area contributed by atoms with E-state index >= 15 is 0 Å². The molecule has 3 aromatic carbocycles. The van der Waals surface area contributed by atoms with E-state index in [2.05, 4.69) is 9.97 Å². The summed E-state index contributed by atoms with van der Waals surface area (Å²) in [6.45, 7) is 1.71. The van der Waals surface area contributed by atoms with Crippen LogP contribution in [0.15, 0.2) is 89.7 Å². The molecule has 1 N–H and O–H groups in total. The smallest absolute Gasteiger partial charge is 0.307 e. The summed E-state index contributed by atoms with van der Waals surface area (Å²) in [5.41, 5.74) is 2.42. The molecule has 0 aliphatic rings. The largest absolute Gasteiger partial charge is 0.454 e. The zero-order chi connectivity index (χ0) is 20.9. The van der Waals surface area contributed by atoms with Crippen LogP contribution in [0.1, 0.15) is 42.3 Å². The number of fused-ring (bicyclic) bond motifs is 1. The number of benzene rings is 3. The quantitative estimate of drug-likeness (QED) is 0.476. The van der Waals surface area contributed by atoms with E-state index in [0.29, 0.717) is 16.7 Å². The van der Waals surface area contributed by atoms with Crippen molar-refractivity contribution in [3.63, 3.8) is 0 Å². The van der Waals surface area contributed by atoms with E-state index in [1.54, 1.807) is 25.1 Å². The van der Waals surface area contributed by atoms with Crippen molar-refractivity contribution in [3.05, 3.63) is 112 Å². The van der Waals surface area contributed by atoms with Crippen LogP contribution in [0.4, 0.5) is 0 Å². The van der Waals surface area contributed by atoms with Crippen LogP contribution in [0.2, 0.25) is 0 Å². The molecule has 0 fully saturated rings. The summed E-state index contributed by atoms with van der Waals surface area (Å²) in [5.74, 6) is -0.130. The number of H-pyrrole nitrogens is 1. The second-order valence-corrected chi connectivity index (χ2v) is 7.18. The number of para-hydroxylation sites is 1. The van der Waals surface area contributed by atoms with Crippen LogP contribution in [-0.4, -0.2) is 15.9 Å². The number of nitrogens with one attached hydrogen (secondary N) is 1. The Morgan fingerprint density at radius 1 is 0.900 bits per heavy atom. The van der Waals surface area contributed by atoms with Crippen molar-refractivity contribution in [1.29, 1.82) is 0 Å². The predicted molar refractivity (Wildman–Crippen MR) is 116 cm³/mol. The van der Waals surface area contributed by atoms with E-state index in [9.17, 15) is 9.59 Å². The van der Waals surface area contributed by atoms with Gasteiger partial charge < -0.3 is 9.72 Å². The molecule has 0 bridgehead atoms. The molecule has 0 aliphatic heterocycles. The van der Waals surface area contributed by atoms with Crippen molar-refractivity contribution in [3.8, 4) is 0 Å². The van der Waals surface area contributed by atoms with Gasteiger partial charge in [-0.05, 0) is 30.2 Å². The van der Waals surface area contributed by atoms with E-state index in [4.69, 9.17) is 4.74 Å². The van der Waals surface area contributed by atoms with Gasteiger partial charge in [0.2, 0.25) is 0 Å². The molecule has 0 unspecified atom stereocenters. The Bertz CT molecular complexity index is 1160. The van der Waals surface area contributed by atoms with Gasteiger partial charge in [-0.1, -0.05) is 72.8 Å². The van der Waals surface area contributed by atoms with E-state index in [1.165, 1.54) is 0 Å². The number of nitrogens with zero attached hydrogens (tertiary/aromatic N) is 1. The van der Waals surface area contributed by atoms with Crippen LogP contribution in [-0.2, 0) is 9.53 Å². The molecule has 0 amide bonds. The molecule has 5 nitrogen and oxygen atoms in total. The molecule has 0 aliphatic carbocycles. The molecule has 0 spiro atoms. The lowest BCUT2D eigenvalue weighted by molar-refractivity contribution is -0.149. The number of aromatic amines is 1. The van der Waals surface area contributed by atoms with Crippen LogP contribution in [0, 0.1) is 0 Å². The molecule has 0 saturated carbocycles. The van der Waals surface area contributed by atoms with E-state index in [1.807, 2.05) is 66.7 Å². The highest BCUT2D eigenvalue weighted by molar-refractivity contribution is 5.77. The van der Waals surface area contributed by atoms with Crippen LogP contribution >= 0.6 is 0 Å². The standard InChI is InChI=1S/C25H22N2O3/c1-17(24-26-22-15-9-8-14-20(22)25(29)27-24)30-23(28)16-21(18-10-4-2-5-11-18)19-12-6-3-7-13-19/h2-15,17,21H,16H2,1H3,(H,26,27,29)/t17-/m0/s1. The minimum absolute atomic E-state index is 0.115. The molecule has 150 valence electrons. The number of carbonyl (C=O) groups excluding carboxylic acids is 1. The number of carbonyl (C=O) groups is 1. The summed E-state index contributed by atoms with van der Waals surface area (Å²) < 4.78 is 5.64. The average Bonchev–Trinajstić information content (AvgIpc) is 2.78. The van der Waals surface area contributed by atoms with Crippen molar-refractivity contribution in [2.45, 2.75) is 25.4 Å². The third kappa shape index (κ3) is 4.30. The fourth-order valence-corrected chi connectivity index (χ4v) is 3.56. The third-order valence-electron chi connectivity index (χ3n) is 5.10. The lowest BCUT2D eigenvalue weighted by atomic mass is 9.88. The second kappa shape index (κ2) is 8.74. The summed E-state index contributed by atoms with van der Waals surface area (Å²) in [4.78, 5) is 32.3. The Balaban J connectivity index is 1.54. The van der Waals surface area contributed by atoms with Gasteiger partial charge in [-0.3, -0.25) is 9.59 Å². The van der Waals surface area contributed by atoms with E-state index < -0.39 is 6.10 Å². The molecule has 1 atom stereocenters. The highest BCUT2D eigenvalue weighted by atomic mass is 16.5. The molecule has 0 radical (unpaired) electrons. The maximum absolute atomic E-state index is 12.8. The maximum Gasteiger partial charge on any atom is 0.307 e. The zero-order valence-corrected chi connectivity index (χ0v) is 16.6. The maximum atomic E-state index is 12.8. The van der Waals surface area contributed by atoms with Crippen LogP contribution < -0.4 is 5.56 Å². The Morgan fingerprint density at radius 3 is 2.10 bits per heavy atom. The fourth-order valence-electron chi connectivity index (χ4n) is 3.56. The van der Waals surface area contributed by atoms with Gasteiger partial charge in [-0.25, -0.2) is 4.98 Å². The van der Waals surface area contributed by atoms with Gasteiger partial charge >= 0.3 is 5.97 Å².